The Labute approximate surface area is 127 Å². The number of hydrogen-bond acceptors (Lipinski definition) is 6. The molecule has 0 aromatic heterocycles. The Morgan fingerprint density at radius 1 is 1.41 bits per heavy atom. The van der Waals surface area contributed by atoms with Crippen LogP contribution in [0.5, 0.6) is 0 Å². The summed E-state index contributed by atoms with van der Waals surface area (Å²) in [6.07, 6.45) is -2.71. The van der Waals surface area contributed by atoms with Crippen LogP contribution in [-0.2, 0) is 23.6 Å². The lowest BCUT2D eigenvalue weighted by atomic mass is 9.75. The van der Waals surface area contributed by atoms with E-state index in [4.69, 9.17) is 24.3 Å². The Morgan fingerprint density at radius 3 is 2.86 bits per heavy atom. The lowest BCUT2D eigenvalue weighted by Gasteiger charge is -2.46. The zero-order valence-electron chi connectivity index (χ0n) is 11.9. The van der Waals surface area contributed by atoms with Gasteiger partial charge in [0, 0.05) is 11.8 Å². The van der Waals surface area contributed by atoms with E-state index in [1.165, 1.54) is 6.92 Å². The molecule has 0 amide bonds. The van der Waals surface area contributed by atoms with Crippen molar-refractivity contribution in [1.29, 1.82) is 0 Å². The highest BCUT2D eigenvalue weighted by Crippen LogP contribution is 2.29. The lowest BCUT2D eigenvalue weighted by molar-refractivity contribution is -0.218. The van der Waals surface area contributed by atoms with Crippen molar-refractivity contribution in [2.24, 2.45) is 5.11 Å². The van der Waals surface area contributed by atoms with E-state index < -0.39 is 37.6 Å². The van der Waals surface area contributed by atoms with E-state index in [1.54, 1.807) is 0 Å². The molecule has 3 rings (SSSR count). The maximum absolute atomic E-state index is 11.3. The van der Waals surface area contributed by atoms with Gasteiger partial charge in [0.1, 0.15) is 12.2 Å². The maximum Gasteiger partial charge on any atom is 0.494 e. The summed E-state index contributed by atoms with van der Waals surface area (Å²) in [5.41, 5.74) is 9.48. The fourth-order valence-electron chi connectivity index (χ4n) is 2.60. The number of benzene rings is 1. The van der Waals surface area contributed by atoms with Crippen molar-refractivity contribution >= 4 is 18.6 Å². The molecule has 0 N–H and O–H groups in total. The standard InChI is InChI=1S/C13H14BN3O5/c1-8(18)20-11-10-7-19-13(16-17-15)12(11)22-14(21-10)9-5-3-2-4-6-9/h2-6,10-13H,7H2,1H3/t10-,11-,12-,13-/m1/s1. The molecule has 2 aliphatic rings. The van der Waals surface area contributed by atoms with Crippen molar-refractivity contribution in [1.82, 2.24) is 0 Å². The minimum absolute atomic E-state index is 0.158. The first-order valence-corrected chi connectivity index (χ1v) is 6.88. The van der Waals surface area contributed by atoms with Gasteiger partial charge in [-0.1, -0.05) is 35.4 Å². The molecule has 2 saturated heterocycles. The van der Waals surface area contributed by atoms with Crippen LogP contribution in [0.25, 0.3) is 10.4 Å². The summed E-state index contributed by atoms with van der Waals surface area (Å²) >= 11 is 0. The van der Waals surface area contributed by atoms with Gasteiger partial charge < -0.3 is 18.8 Å². The molecule has 114 valence electrons. The number of hydrogen-bond donors (Lipinski definition) is 0. The lowest BCUT2D eigenvalue weighted by Crippen LogP contribution is -2.65. The molecule has 0 spiro atoms. The molecule has 8 nitrogen and oxygen atoms in total. The summed E-state index contributed by atoms with van der Waals surface area (Å²) in [5.74, 6) is -0.452. The molecule has 22 heavy (non-hydrogen) atoms. The molecule has 1 aromatic rings. The fourth-order valence-corrected chi connectivity index (χ4v) is 2.60. The second-order valence-electron chi connectivity index (χ2n) is 5.02. The predicted octanol–water partition coefficient (Wildman–Crippen LogP) is 0.764. The summed E-state index contributed by atoms with van der Waals surface area (Å²) < 4.78 is 22.3. The van der Waals surface area contributed by atoms with Crippen molar-refractivity contribution in [2.75, 3.05) is 6.61 Å². The molecule has 9 heteroatoms. The summed E-state index contributed by atoms with van der Waals surface area (Å²) in [6.45, 7) is 1.47. The van der Waals surface area contributed by atoms with Gasteiger partial charge in [-0.25, -0.2) is 0 Å². The van der Waals surface area contributed by atoms with E-state index in [-0.39, 0.29) is 6.61 Å². The van der Waals surface area contributed by atoms with Crippen molar-refractivity contribution in [3.63, 3.8) is 0 Å². The smallest absolute Gasteiger partial charge is 0.457 e. The molecular formula is C13H14BN3O5. The Kier molecular flexibility index (Phi) is 4.30. The molecule has 2 aliphatic heterocycles. The molecule has 2 bridgehead atoms. The molecule has 1 aromatic carbocycles. The Morgan fingerprint density at radius 2 is 2.18 bits per heavy atom. The van der Waals surface area contributed by atoms with Crippen molar-refractivity contribution in [3.05, 3.63) is 40.8 Å². The van der Waals surface area contributed by atoms with Crippen molar-refractivity contribution in [2.45, 2.75) is 31.5 Å². The van der Waals surface area contributed by atoms with Crippen LogP contribution in [-0.4, -0.2) is 44.2 Å². The molecule has 0 saturated carbocycles. The van der Waals surface area contributed by atoms with Crippen LogP contribution in [0, 0.1) is 0 Å². The van der Waals surface area contributed by atoms with E-state index in [9.17, 15) is 4.79 Å². The summed E-state index contributed by atoms with van der Waals surface area (Å²) in [6, 6.07) is 9.38. The van der Waals surface area contributed by atoms with Crippen molar-refractivity contribution in [3.8, 4) is 0 Å². The average Bonchev–Trinajstić information content (AvgIpc) is 2.50. The summed E-state index contributed by atoms with van der Waals surface area (Å²) in [5, 5.41) is 3.58. The number of ether oxygens (including phenoxy) is 2. The Hall–Kier alpha value is -2.06. The van der Waals surface area contributed by atoms with Gasteiger partial charge in [-0.15, -0.1) is 0 Å². The molecular weight excluding hydrogens is 289 g/mol. The largest absolute Gasteiger partial charge is 0.494 e. The average molecular weight is 303 g/mol. The first kappa shape index (κ1) is 14.9. The minimum Gasteiger partial charge on any atom is -0.457 e. The van der Waals surface area contributed by atoms with Gasteiger partial charge in [0.25, 0.3) is 0 Å². The van der Waals surface area contributed by atoms with Crippen LogP contribution in [0.15, 0.2) is 35.4 Å². The fraction of sp³-hybridized carbons (Fsp3) is 0.462. The topological polar surface area (TPSA) is 103 Å². The van der Waals surface area contributed by atoms with Gasteiger partial charge in [0.15, 0.2) is 12.3 Å². The zero-order chi connectivity index (χ0) is 15.5. The normalized spacial score (nSPS) is 30.3. The molecule has 0 radical (unpaired) electrons. The third-order valence-electron chi connectivity index (χ3n) is 3.52. The first-order chi connectivity index (χ1) is 10.7. The number of azide groups is 1. The highest BCUT2D eigenvalue weighted by Gasteiger charge is 2.51. The monoisotopic (exact) mass is 303 g/mol. The van der Waals surface area contributed by atoms with Gasteiger partial charge in [-0.05, 0) is 11.0 Å². The molecule has 2 fully saturated rings. The van der Waals surface area contributed by atoms with Crippen LogP contribution >= 0.6 is 0 Å². The highest BCUT2D eigenvalue weighted by molar-refractivity contribution is 6.61. The number of carbonyl (C=O) groups excluding carboxylic acids is 1. The van der Waals surface area contributed by atoms with Crippen molar-refractivity contribution < 1.29 is 23.6 Å². The molecule has 0 unspecified atom stereocenters. The van der Waals surface area contributed by atoms with Gasteiger partial charge in [0.05, 0.1) is 6.61 Å². The SMILES string of the molecule is CC(=O)O[C@H]1[C@H]2OB(c3ccccc3)O[C@@H]1CO[C@H]2N=[N+]=[N-]. The third kappa shape index (κ3) is 2.93. The molecule has 2 heterocycles. The number of fused-ring (bicyclic) bond motifs is 2. The molecule has 0 aliphatic carbocycles. The zero-order valence-corrected chi connectivity index (χ0v) is 11.9. The maximum atomic E-state index is 11.3. The quantitative estimate of drug-likeness (QED) is 0.270. The highest BCUT2D eigenvalue weighted by atomic mass is 16.7. The van der Waals surface area contributed by atoms with Crippen LogP contribution in [0.2, 0.25) is 0 Å². The Balaban J connectivity index is 1.86. The van der Waals surface area contributed by atoms with Gasteiger partial charge in [0.2, 0.25) is 0 Å². The second kappa shape index (κ2) is 6.37. The number of carbonyl (C=O) groups is 1. The van der Waals surface area contributed by atoms with E-state index in [1.807, 2.05) is 30.3 Å². The van der Waals surface area contributed by atoms with E-state index in [2.05, 4.69) is 10.0 Å². The number of esters is 1. The Bertz CT molecular complexity index is 595. The van der Waals surface area contributed by atoms with Crippen LogP contribution in [0.3, 0.4) is 0 Å². The molecule has 4 atom stereocenters. The number of nitrogens with zero attached hydrogens (tertiary/aromatic N) is 3. The van der Waals surface area contributed by atoms with Gasteiger partial charge in [-0.2, -0.15) is 0 Å². The van der Waals surface area contributed by atoms with Gasteiger partial charge >= 0.3 is 13.1 Å². The van der Waals surface area contributed by atoms with E-state index >= 15 is 0 Å². The van der Waals surface area contributed by atoms with E-state index in [0.29, 0.717) is 0 Å². The minimum atomic E-state index is -0.860. The van der Waals surface area contributed by atoms with Gasteiger partial charge in [-0.3, -0.25) is 4.79 Å². The summed E-state index contributed by atoms with van der Waals surface area (Å²) in [7, 11) is -0.622. The van der Waals surface area contributed by atoms with Crippen LogP contribution in [0.1, 0.15) is 6.92 Å². The third-order valence-corrected chi connectivity index (χ3v) is 3.52. The number of rotatable bonds is 3. The predicted molar refractivity (Wildman–Crippen MR) is 76.0 cm³/mol. The van der Waals surface area contributed by atoms with E-state index in [0.717, 1.165) is 5.46 Å². The second-order valence-corrected chi connectivity index (χ2v) is 5.02. The summed E-state index contributed by atoms with van der Waals surface area (Å²) in [4.78, 5) is 14.0. The van der Waals surface area contributed by atoms with Crippen LogP contribution in [0.4, 0.5) is 0 Å². The first-order valence-electron chi connectivity index (χ1n) is 6.88. The van der Waals surface area contributed by atoms with Crippen LogP contribution < -0.4 is 5.46 Å².